The number of alkyl halides is 3. The Kier molecular flexibility index (Phi) is 7.17. The van der Waals surface area contributed by atoms with Gasteiger partial charge < -0.3 is 10.1 Å². The zero-order valence-corrected chi connectivity index (χ0v) is 16.5. The smallest absolute Gasteiger partial charge is 0.395 e. The average molecular weight is 414 g/mol. The number of carbonyl (C=O) groups excluding carboxylic acids is 2. The number of halogens is 3. The van der Waals surface area contributed by atoms with Crippen molar-refractivity contribution in [1.29, 1.82) is 0 Å². The summed E-state index contributed by atoms with van der Waals surface area (Å²) in [6.45, 7) is 3.52. The van der Waals surface area contributed by atoms with E-state index < -0.39 is 30.4 Å². The fourth-order valence-corrected chi connectivity index (χ4v) is 3.70. The highest BCUT2D eigenvalue weighted by Gasteiger charge is 2.30. The minimum absolute atomic E-state index is 0.0296. The lowest BCUT2D eigenvalue weighted by Gasteiger charge is -2.16. The van der Waals surface area contributed by atoms with Crippen LogP contribution in [0.25, 0.3) is 0 Å². The van der Waals surface area contributed by atoms with Crippen LogP contribution in [0.4, 0.5) is 13.2 Å². The van der Waals surface area contributed by atoms with E-state index in [1.54, 1.807) is 19.1 Å². The van der Waals surface area contributed by atoms with Gasteiger partial charge in [0.15, 0.2) is 0 Å². The third-order valence-corrected chi connectivity index (χ3v) is 5.24. The molecule has 2 rings (SSSR count). The lowest BCUT2D eigenvalue weighted by atomic mass is 9.98. The number of nitrogens with one attached hydrogen (secondary N) is 1. The molecule has 0 aliphatic carbocycles. The molecule has 0 aliphatic heterocycles. The summed E-state index contributed by atoms with van der Waals surface area (Å²) in [4.78, 5) is 28.7. The van der Waals surface area contributed by atoms with E-state index in [0.29, 0.717) is 16.1 Å². The second-order valence-electron chi connectivity index (χ2n) is 6.38. The van der Waals surface area contributed by atoms with Crippen LogP contribution in [0, 0.1) is 13.8 Å². The van der Waals surface area contributed by atoms with E-state index in [-0.39, 0.29) is 18.0 Å². The molecule has 1 atom stereocenters. The maximum absolute atomic E-state index is 12.5. The Morgan fingerprint density at radius 1 is 1.21 bits per heavy atom. The van der Waals surface area contributed by atoms with E-state index >= 15 is 0 Å². The minimum atomic E-state index is -4.34. The summed E-state index contributed by atoms with van der Waals surface area (Å²) in [5, 5.41) is 2.59. The third kappa shape index (κ3) is 6.33. The molecule has 0 saturated heterocycles. The SMILES string of the molecule is COC(=O)C(CNC(=O)Cc1sc(CC(F)(F)F)nc1C)c1ccc(C)cc1. The molecule has 0 aliphatic rings. The first-order valence-electron chi connectivity index (χ1n) is 8.52. The number of esters is 1. The summed E-state index contributed by atoms with van der Waals surface area (Å²) in [6.07, 6.45) is -5.55. The van der Waals surface area contributed by atoms with Gasteiger partial charge in [0.2, 0.25) is 5.91 Å². The molecular weight excluding hydrogens is 393 g/mol. The van der Waals surface area contributed by atoms with Gasteiger partial charge >= 0.3 is 12.1 Å². The number of hydrogen-bond acceptors (Lipinski definition) is 5. The van der Waals surface area contributed by atoms with Crippen molar-refractivity contribution in [2.75, 3.05) is 13.7 Å². The summed E-state index contributed by atoms with van der Waals surface area (Å²) in [7, 11) is 1.27. The number of amides is 1. The Labute approximate surface area is 164 Å². The summed E-state index contributed by atoms with van der Waals surface area (Å²) in [6, 6.07) is 7.30. The first-order chi connectivity index (χ1) is 13.1. The Balaban J connectivity index is 2.01. The zero-order valence-electron chi connectivity index (χ0n) is 15.7. The number of benzene rings is 1. The van der Waals surface area contributed by atoms with Crippen LogP contribution in [-0.2, 0) is 27.2 Å². The predicted octanol–water partition coefficient (Wildman–Crippen LogP) is 3.48. The molecule has 1 unspecified atom stereocenters. The molecule has 1 amide bonds. The van der Waals surface area contributed by atoms with E-state index in [4.69, 9.17) is 4.74 Å². The van der Waals surface area contributed by atoms with Gasteiger partial charge in [-0.3, -0.25) is 9.59 Å². The van der Waals surface area contributed by atoms with Crippen molar-refractivity contribution in [2.24, 2.45) is 0 Å². The molecule has 5 nitrogen and oxygen atoms in total. The molecule has 0 spiro atoms. The van der Waals surface area contributed by atoms with Gasteiger partial charge in [0, 0.05) is 11.4 Å². The van der Waals surface area contributed by atoms with Crippen LogP contribution in [0.3, 0.4) is 0 Å². The lowest BCUT2D eigenvalue weighted by Crippen LogP contribution is -2.33. The van der Waals surface area contributed by atoms with Crippen LogP contribution >= 0.6 is 11.3 Å². The Morgan fingerprint density at radius 3 is 2.43 bits per heavy atom. The monoisotopic (exact) mass is 414 g/mol. The second kappa shape index (κ2) is 9.18. The molecule has 1 heterocycles. The van der Waals surface area contributed by atoms with Crippen molar-refractivity contribution < 1.29 is 27.5 Å². The average Bonchev–Trinajstić information content (AvgIpc) is 2.93. The summed E-state index contributed by atoms with van der Waals surface area (Å²) >= 11 is 0.874. The standard InChI is InChI=1S/C19H21F3N2O3S/c1-11-4-6-13(7-5-11)14(18(26)27-3)10-23-16(25)8-15-12(2)24-17(28-15)9-19(20,21)22/h4-7,14H,8-10H2,1-3H3,(H,23,25). The number of thiazole rings is 1. The molecule has 1 aromatic heterocycles. The van der Waals surface area contributed by atoms with Crippen LogP contribution in [0.1, 0.15) is 32.6 Å². The fraction of sp³-hybridized carbons (Fsp3) is 0.421. The van der Waals surface area contributed by atoms with E-state index in [1.165, 1.54) is 7.11 Å². The first-order valence-corrected chi connectivity index (χ1v) is 9.33. The highest BCUT2D eigenvalue weighted by molar-refractivity contribution is 7.11. The minimum Gasteiger partial charge on any atom is -0.468 e. The quantitative estimate of drug-likeness (QED) is 0.705. The molecule has 9 heteroatoms. The molecule has 28 heavy (non-hydrogen) atoms. The molecule has 1 N–H and O–H groups in total. The van der Waals surface area contributed by atoms with Gasteiger partial charge in [-0.1, -0.05) is 29.8 Å². The van der Waals surface area contributed by atoms with E-state index in [9.17, 15) is 22.8 Å². The second-order valence-corrected chi connectivity index (χ2v) is 7.54. The van der Waals surface area contributed by atoms with Crippen LogP contribution in [-0.4, -0.2) is 36.7 Å². The van der Waals surface area contributed by atoms with Crippen molar-refractivity contribution in [3.63, 3.8) is 0 Å². The van der Waals surface area contributed by atoms with Crippen LogP contribution in [0.5, 0.6) is 0 Å². The van der Waals surface area contributed by atoms with E-state index in [2.05, 4.69) is 10.3 Å². The maximum atomic E-state index is 12.5. The lowest BCUT2D eigenvalue weighted by molar-refractivity contribution is -0.142. The number of hydrogen-bond donors (Lipinski definition) is 1. The number of carbonyl (C=O) groups is 2. The maximum Gasteiger partial charge on any atom is 0.395 e. The number of rotatable bonds is 7. The van der Waals surface area contributed by atoms with Gasteiger partial charge in [-0.05, 0) is 19.4 Å². The van der Waals surface area contributed by atoms with E-state index in [1.807, 2.05) is 19.1 Å². The Hall–Kier alpha value is -2.42. The molecule has 1 aromatic carbocycles. The molecule has 2 aromatic rings. The van der Waals surface area contributed by atoms with Crippen molar-refractivity contribution in [3.05, 3.63) is 51.0 Å². The zero-order chi connectivity index (χ0) is 20.9. The molecule has 0 radical (unpaired) electrons. The fourth-order valence-electron chi connectivity index (χ4n) is 2.60. The highest BCUT2D eigenvalue weighted by atomic mass is 32.1. The van der Waals surface area contributed by atoms with Crippen molar-refractivity contribution in [3.8, 4) is 0 Å². The summed E-state index contributed by atoms with van der Waals surface area (Å²) in [5.74, 6) is -1.55. The van der Waals surface area contributed by atoms with Crippen molar-refractivity contribution in [2.45, 2.75) is 38.8 Å². The normalized spacial score (nSPS) is 12.5. The van der Waals surface area contributed by atoms with Crippen LogP contribution < -0.4 is 5.32 Å². The molecule has 0 bridgehead atoms. The van der Waals surface area contributed by atoms with Crippen LogP contribution in [0.2, 0.25) is 0 Å². The largest absolute Gasteiger partial charge is 0.468 e. The molecule has 0 fully saturated rings. The van der Waals surface area contributed by atoms with Crippen molar-refractivity contribution in [1.82, 2.24) is 10.3 Å². The molecular formula is C19H21F3N2O3S. The molecule has 152 valence electrons. The number of aromatic nitrogens is 1. The Bertz CT molecular complexity index is 832. The van der Waals surface area contributed by atoms with Gasteiger partial charge in [-0.2, -0.15) is 13.2 Å². The third-order valence-electron chi connectivity index (χ3n) is 4.08. The summed E-state index contributed by atoms with van der Waals surface area (Å²) in [5.41, 5.74) is 2.15. The van der Waals surface area contributed by atoms with Crippen LogP contribution in [0.15, 0.2) is 24.3 Å². The number of methoxy groups -OCH3 is 1. The van der Waals surface area contributed by atoms with Gasteiger partial charge in [0.25, 0.3) is 0 Å². The van der Waals surface area contributed by atoms with Gasteiger partial charge in [-0.25, -0.2) is 4.98 Å². The van der Waals surface area contributed by atoms with Crippen molar-refractivity contribution >= 4 is 23.2 Å². The predicted molar refractivity (Wildman–Crippen MR) is 99.3 cm³/mol. The van der Waals surface area contributed by atoms with E-state index in [0.717, 1.165) is 16.9 Å². The number of nitrogens with zero attached hydrogens (tertiary/aromatic N) is 1. The van der Waals surface area contributed by atoms with Gasteiger partial charge in [0.05, 0.1) is 31.6 Å². The highest BCUT2D eigenvalue weighted by Crippen LogP contribution is 2.26. The Morgan fingerprint density at radius 2 is 1.86 bits per heavy atom. The topological polar surface area (TPSA) is 68.3 Å². The number of ether oxygens (including phenoxy) is 1. The molecule has 0 saturated carbocycles. The van der Waals surface area contributed by atoms with Gasteiger partial charge in [-0.15, -0.1) is 11.3 Å². The summed E-state index contributed by atoms with van der Waals surface area (Å²) < 4.78 is 42.3. The number of aryl methyl sites for hydroxylation is 2. The van der Waals surface area contributed by atoms with Gasteiger partial charge in [0.1, 0.15) is 5.01 Å². The first kappa shape index (κ1) is 21.9.